The zero-order valence-corrected chi connectivity index (χ0v) is 7.32. The van der Waals surface area contributed by atoms with Crippen LogP contribution in [0.25, 0.3) is 0 Å². The van der Waals surface area contributed by atoms with E-state index in [1.165, 1.54) is 0 Å². The van der Waals surface area contributed by atoms with Crippen LogP contribution in [-0.2, 0) is 9.47 Å². The lowest BCUT2D eigenvalue weighted by atomic mass is 10.0. The van der Waals surface area contributed by atoms with Gasteiger partial charge in [0.1, 0.15) is 12.7 Å². The van der Waals surface area contributed by atoms with Crippen LogP contribution in [0.5, 0.6) is 0 Å². The van der Waals surface area contributed by atoms with Gasteiger partial charge in [-0.1, -0.05) is 19.1 Å². The maximum Gasteiger partial charge on any atom is 0.116 e. The van der Waals surface area contributed by atoms with E-state index in [2.05, 4.69) is 25.2 Å². The molecular formula is C10H14O2. The molecule has 1 heterocycles. The molecule has 0 spiro atoms. The first kappa shape index (κ1) is 7.87. The average molecular weight is 166 g/mol. The maximum absolute atomic E-state index is 5.60. The standard InChI is InChI=1S/C10H14O2/c1-8-4-2-3-5-10(8)12-7-9-6-11-9/h2-3,5,8-9H,4,6-7H2,1H3. The van der Waals surface area contributed by atoms with Gasteiger partial charge in [0.2, 0.25) is 0 Å². The summed E-state index contributed by atoms with van der Waals surface area (Å²) in [6.07, 6.45) is 7.74. The Morgan fingerprint density at radius 3 is 3.17 bits per heavy atom. The second kappa shape index (κ2) is 3.31. The van der Waals surface area contributed by atoms with Crippen molar-refractivity contribution in [2.45, 2.75) is 19.4 Å². The first-order valence-electron chi connectivity index (χ1n) is 4.47. The van der Waals surface area contributed by atoms with E-state index in [0.717, 1.165) is 25.4 Å². The molecule has 0 amide bonds. The molecule has 0 saturated carbocycles. The quantitative estimate of drug-likeness (QED) is 0.597. The lowest BCUT2D eigenvalue weighted by Crippen LogP contribution is -2.09. The summed E-state index contributed by atoms with van der Waals surface area (Å²) in [5, 5.41) is 0. The minimum Gasteiger partial charge on any atom is -0.495 e. The van der Waals surface area contributed by atoms with Gasteiger partial charge in [-0.2, -0.15) is 0 Å². The molecule has 1 aliphatic heterocycles. The van der Waals surface area contributed by atoms with E-state index in [9.17, 15) is 0 Å². The molecule has 0 radical (unpaired) electrons. The Bertz CT molecular complexity index is 214. The van der Waals surface area contributed by atoms with Crippen molar-refractivity contribution in [2.75, 3.05) is 13.2 Å². The molecule has 0 aromatic heterocycles. The fourth-order valence-corrected chi connectivity index (χ4v) is 1.27. The van der Waals surface area contributed by atoms with Gasteiger partial charge in [-0.05, 0) is 12.5 Å². The number of ether oxygens (including phenoxy) is 2. The normalized spacial score (nSPS) is 32.9. The van der Waals surface area contributed by atoms with Crippen molar-refractivity contribution in [1.29, 1.82) is 0 Å². The van der Waals surface area contributed by atoms with Crippen LogP contribution in [0, 0.1) is 5.92 Å². The summed E-state index contributed by atoms with van der Waals surface area (Å²) in [5.74, 6) is 1.64. The largest absolute Gasteiger partial charge is 0.495 e. The van der Waals surface area contributed by atoms with Gasteiger partial charge < -0.3 is 9.47 Å². The van der Waals surface area contributed by atoms with Crippen LogP contribution >= 0.6 is 0 Å². The van der Waals surface area contributed by atoms with Crippen molar-refractivity contribution in [3.8, 4) is 0 Å². The molecule has 2 rings (SSSR count). The second-order valence-electron chi connectivity index (χ2n) is 3.40. The minimum atomic E-state index is 0.365. The molecule has 1 fully saturated rings. The van der Waals surface area contributed by atoms with Gasteiger partial charge in [0.25, 0.3) is 0 Å². The van der Waals surface area contributed by atoms with Gasteiger partial charge in [0.05, 0.1) is 12.4 Å². The summed E-state index contributed by atoms with van der Waals surface area (Å²) in [7, 11) is 0. The molecule has 1 aliphatic carbocycles. The minimum absolute atomic E-state index is 0.365. The average Bonchev–Trinajstić information content (AvgIpc) is 2.86. The zero-order valence-electron chi connectivity index (χ0n) is 7.32. The summed E-state index contributed by atoms with van der Waals surface area (Å²) < 4.78 is 10.7. The van der Waals surface area contributed by atoms with Gasteiger partial charge in [-0.15, -0.1) is 0 Å². The molecule has 2 aliphatic rings. The van der Waals surface area contributed by atoms with Crippen molar-refractivity contribution >= 4 is 0 Å². The Balaban J connectivity index is 1.83. The first-order chi connectivity index (χ1) is 5.86. The van der Waals surface area contributed by atoms with Crippen LogP contribution in [0.2, 0.25) is 0 Å². The Hall–Kier alpha value is -0.760. The summed E-state index contributed by atoms with van der Waals surface area (Å²) in [5.41, 5.74) is 0. The lowest BCUT2D eigenvalue weighted by molar-refractivity contribution is 0.157. The van der Waals surface area contributed by atoms with Gasteiger partial charge in [-0.25, -0.2) is 0 Å². The molecule has 2 unspecified atom stereocenters. The summed E-state index contributed by atoms with van der Waals surface area (Å²) >= 11 is 0. The number of epoxide rings is 1. The highest BCUT2D eigenvalue weighted by molar-refractivity contribution is 5.15. The van der Waals surface area contributed by atoms with E-state index >= 15 is 0 Å². The Kier molecular flexibility index (Phi) is 2.17. The molecule has 2 atom stereocenters. The first-order valence-corrected chi connectivity index (χ1v) is 4.47. The van der Waals surface area contributed by atoms with Gasteiger partial charge in [0, 0.05) is 5.92 Å². The fourth-order valence-electron chi connectivity index (χ4n) is 1.27. The summed E-state index contributed by atoms with van der Waals surface area (Å²) in [4.78, 5) is 0. The zero-order chi connectivity index (χ0) is 8.39. The summed E-state index contributed by atoms with van der Waals surface area (Å²) in [6, 6.07) is 0. The van der Waals surface area contributed by atoms with E-state index in [1.54, 1.807) is 0 Å². The molecule has 0 N–H and O–H groups in total. The van der Waals surface area contributed by atoms with Crippen LogP contribution in [0.1, 0.15) is 13.3 Å². The third-order valence-electron chi connectivity index (χ3n) is 2.21. The van der Waals surface area contributed by atoms with Gasteiger partial charge in [0.15, 0.2) is 0 Å². The van der Waals surface area contributed by atoms with E-state index in [0.29, 0.717) is 12.0 Å². The van der Waals surface area contributed by atoms with E-state index in [4.69, 9.17) is 9.47 Å². The Morgan fingerprint density at radius 1 is 1.67 bits per heavy atom. The van der Waals surface area contributed by atoms with Gasteiger partial charge >= 0.3 is 0 Å². The molecule has 1 saturated heterocycles. The molecule has 0 aromatic rings. The van der Waals surface area contributed by atoms with Gasteiger partial charge in [-0.3, -0.25) is 0 Å². The molecule has 66 valence electrons. The van der Waals surface area contributed by atoms with Crippen molar-refractivity contribution in [3.05, 3.63) is 24.0 Å². The Labute approximate surface area is 72.9 Å². The molecular weight excluding hydrogens is 152 g/mol. The van der Waals surface area contributed by atoms with E-state index in [1.807, 2.05) is 0 Å². The topological polar surface area (TPSA) is 21.8 Å². The number of rotatable bonds is 3. The van der Waals surface area contributed by atoms with Crippen LogP contribution in [-0.4, -0.2) is 19.3 Å². The van der Waals surface area contributed by atoms with Crippen molar-refractivity contribution in [2.24, 2.45) is 5.92 Å². The highest BCUT2D eigenvalue weighted by Gasteiger charge is 2.24. The monoisotopic (exact) mass is 166 g/mol. The van der Waals surface area contributed by atoms with Crippen LogP contribution in [0.4, 0.5) is 0 Å². The highest BCUT2D eigenvalue weighted by Crippen LogP contribution is 2.22. The van der Waals surface area contributed by atoms with E-state index < -0.39 is 0 Å². The molecule has 2 heteroatoms. The van der Waals surface area contributed by atoms with Crippen molar-refractivity contribution in [3.63, 3.8) is 0 Å². The predicted molar refractivity (Wildman–Crippen MR) is 46.7 cm³/mol. The Morgan fingerprint density at radius 2 is 2.50 bits per heavy atom. The third kappa shape index (κ3) is 1.89. The smallest absolute Gasteiger partial charge is 0.116 e. The predicted octanol–water partition coefficient (Wildman–Crippen LogP) is 1.88. The van der Waals surface area contributed by atoms with Crippen molar-refractivity contribution in [1.82, 2.24) is 0 Å². The SMILES string of the molecule is CC1CC=CC=C1OCC1CO1. The van der Waals surface area contributed by atoms with Crippen LogP contribution in [0.3, 0.4) is 0 Å². The maximum atomic E-state index is 5.60. The van der Waals surface area contributed by atoms with Crippen LogP contribution < -0.4 is 0 Å². The number of hydrogen-bond donors (Lipinski definition) is 0. The third-order valence-corrected chi connectivity index (χ3v) is 2.21. The highest BCUT2D eigenvalue weighted by atomic mass is 16.6. The lowest BCUT2D eigenvalue weighted by Gasteiger charge is -2.17. The van der Waals surface area contributed by atoms with Crippen molar-refractivity contribution < 1.29 is 9.47 Å². The summed E-state index contributed by atoms with van der Waals surface area (Å²) in [6.45, 7) is 3.78. The molecule has 0 bridgehead atoms. The van der Waals surface area contributed by atoms with Crippen LogP contribution in [0.15, 0.2) is 24.0 Å². The molecule has 12 heavy (non-hydrogen) atoms. The number of hydrogen-bond acceptors (Lipinski definition) is 2. The second-order valence-corrected chi connectivity index (χ2v) is 3.40. The molecule has 0 aromatic carbocycles. The molecule has 2 nitrogen and oxygen atoms in total. The van der Waals surface area contributed by atoms with E-state index in [-0.39, 0.29) is 0 Å². The fraction of sp³-hybridized carbons (Fsp3) is 0.600. The number of allylic oxidation sites excluding steroid dienone is 4.